The van der Waals surface area contributed by atoms with Crippen molar-refractivity contribution >= 4 is 27.7 Å². The minimum Gasteiger partial charge on any atom is -0.406 e. The predicted molar refractivity (Wildman–Crippen MR) is 104 cm³/mol. The lowest BCUT2D eigenvalue weighted by Crippen LogP contribution is -2.26. The van der Waals surface area contributed by atoms with Gasteiger partial charge in [-0.05, 0) is 55.3 Å². The van der Waals surface area contributed by atoms with Crippen molar-refractivity contribution in [3.05, 3.63) is 65.0 Å². The third-order valence-electron chi connectivity index (χ3n) is 4.92. The van der Waals surface area contributed by atoms with Gasteiger partial charge < -0.3 is 20.0 Å². The highest BCUT2D eigenvalue weighted by Gasteiger charge is 2.31. The number of amides is 1. The molecular formula is C21H16F5N3O2. The quantitative estimate of drug-likeness (QED) is 0.380. The summed E-state index contributed by atoms with van der Waals surface area (Å²) in [5.41, 5.74) is 2.13. The SMILES string of the molecule is Cc1[nH]c2c(F)c(F)ccc2c1CCNC(=O)c1cc2cc(OC(F)(F)F)ccc2[nH]1. The van der Waals surface area contributed by atoms with Gasteiger partial charge in [0.1, 0.15) is 11.4 Å². The topological polar surface area (TPSA) is 69.9 Å². The molecule has 0 aliphatic heterocycles. The van der Waals surface area contributed by atoms with Crippen molar-refractivity contribution in [2.75, 3.05) is 6.54 Å². The molecular weight excluding hydrogens is 421 g/mol. The average Bonchev–Trinajstić information content (AvgIpc) is 3.25. The van der Waals surface area contributed by atoms with Crippen molar-refractivity contribution in [1.82, 2.24) is 15.3 Å². The molecule has 0 aliphatic rings. The van der Waals surface area contributed by atoms with E-state index < -0.39 is 23.9 Å². The first-order valence-corrected chi connectivity index (χ1v) is 9.24. The van der Waals surface area contributed by atoms with Crippen molar-refractivity contribution in [3.63, 3.8) is 0 Å². The molecule has 0 fully saturated rings. The number of ether oxygens (including phenoxy) is 1. The number of hydrogen-bond acceptors (Lipinski definition) is 2. The van der Waals surface area contributed by atoms with Crippen LogP contribution in [-0.4, -0.2) is 28.8 Å². The average molecular weight is 437 g/mol. The molecule has 2 aromatic carbocycles. The lowest BCUT2D eigenvalue weighted by Gasteiger charge is -2.08. The second kappa shape index (κ2) is 7.60. The summed E-state index contributed by atoms with van der Waals surface area (Å²) in [6.07, 6.45) is -4.44. The van der Waals surface area contributed by atoms with E-state index in [0.717, 1.165) is 17.7 Å². The highest BCUT2D eigenvalue weighted by Crippen LogP contribution is 2.28. The number of benzene rings is 2. The molecule has 0 spiro atoms. The molecule has 5 nitrogen and oxygen atoms in total. The van der Waals surface area contributed by atoms with E-state index in [-0.39, 0.29) is 23.5 Å². The van der Waals surface area contributed by atoms with Crippen molar-refractivity contribution in [1.29, 1.82) is 0 Å². The Kier molecular flexibility index (Phi) is 5.08. The fraction of sp³-hybridized carbons (Fsp3) is 0.190. The number of aromatic nitrogens is 2. The zero-order chi connectivity index (χ0) is 22.3. The van der Waals surface area contributed by atoms with Gasteiger partial charge in [-0.1, -0.05) is 0 Å². The maximum absolute atomic E-state index is 13.9. The predicted octanol–water partition coefficient (Wildman–Crippen LogP) is 5.11. The second-order valence-corrected chi connectivity index (χ2v) is 7.00. The van der Waals surface area contributed by atoms with Crippen LogP contribution >= 0.6 is 0 Å². The molecule has 3 N–H and O–H groups in total. The van der Waals surface area contributed by atoms with Gasteiger partial charge in [0.25, 0.3) is 5.91 Å². The lowest BCUT2D eigenvalue weighted by molar-refractivity contribution is -0.274. The highest BCUT2D eigenvalue weighted by atomic mass is 19.4. The molecule has 31 heavy (non-hydrogen) atoms. The Labute approximate surface area is 172 Å². The molecule has 0 radical (unpaired) electrons. The van der Waals surface area contributed by atoms with Crippen LogP contribution in [0.2, 0.25) is 0 Å². The van der Waals surface area contributed by atoms with Gasteiger partial charge in [-0.2, -0.15) is 0 Å². The number of halogens is 5. The molecule has 0 saturated carbocycles. The summed E-state index contributed by atoms with van der Waals surface area (Å²) in [6, 6.07) is 7.66. The van der Waals surface area contributed by atoms with Gasteiger partial charge >= 0.3 is 6.36 Å². The number of aryl methyl sites for hydroxylation is 1. The van der Waals surface area contributed by atoms with Crippen molar-refractivity contribution < 1.29 is 31.5 Å². The summed E-state index contributed by atoms with van der Waals surface area (Å²) in [7, 11) is 0. The maximum Gasteiger partial charge on any atom is 0.573 e. The van der Waals surface area contributed by atoms with E-state index in [0.29, 0.717) is 28.4 Å². The first-order chi connectivity index (χ1) is 14.6. The molecule has 0 saturated heterocycles. The summed E-state index contributed by atoms with van der Waals surface area (Å²) < 4.78 is 68.3. The Morgan fingerprint density at radius 2 is 1.87 bits per heavy atom. The van der Waals surface area contributed by atoms with Gasteiger partial charge in [-0.15, -0.1) is 13.2 Å². The Bertz CT molecular complexity index is 1290. The maximum atomic E-state index is 13.9. The monoisotopic (exact) mass is 437 g/mol. The van der Waals surface area contributed by atoms with Gasteiger partial charge in [0.05, 0.1) is 5.52 Å². The number of fused-ring (bicyclic) bond motifs is 2. The number of nitrogens with one attached hydrogen (secondary N) is 3. The molecule has 2 heterocycles. The van der Waals surface area contributed by atoms with Crippen LogP contribution in [0.1, 0.15) is 21.7 Å². The van der Waals surface area contributed by atoms with Crippen molar-refractivity contribution in [2.45, 2.75) is 19.7 Å². The second-order valence-electron chi connectivity index (χ2n) is 7.00. The smallest absolute Gasteiger partial charge is 0.406 e. The lowest BCUT2D eigenvalue weighted by atomic mass is 10.1. The Morgan fingerprint density at radius 1 is 1.10 bits per heavy atom. The minimum absolute atomic E-state index is 0.0753. The molecule has 0 bridgehead atoms. The summed E-state index contributed by atoms with van der Waals surface area (Å²) in [4.78, 5) is 18.1. The van der Waals surface area contributed by atoms with Gasteiger partial charge in [-0.3, -0.25) is 4.79 Å². The van der Waals surface area contributed by atoms with E-state index in [2.05, 4.69) is 20.0 Å². The fourth-order valence-electron chi connectivity index (χ4n) is 3.54. The van der Waals surface area contributed by atoms with E-state index >= 15 is 0 Å². The molecule has 0 atom stereocenters. The van der Waals surface area contributed by atoms with Crippen molar-refractivity contribution in [2.24, 2.45) is 0 Å². The molecule has 10 heteroatoms. The number of rotatable bonds is 5. The van der Waals surface area contributed by atoms with Crippen LogP contribution in [0.25, 0.3) is 21.8 Å². The normalized spacial score (nSPS) is 11.9. The van der Waals surface area contributed by atoms with Crippen LogP contribution in [0.4, 0.5) is 22.0 Å². The zero-order valence-corrected chi connectivity index (χ0v) is 16.1. The molecule has 1 amide bonds. The number of carbonyl (C=O) groups is 1. The Morgan fingerprint density at radius 3 is 2.61 bits per heavy atom. The Balaban J connectivity index is 1.46. The van der Waals surface area contributed by atoms with Crippen LogP contribution in [0, 0.1) is 18.6 Å². The van der Waals surface area contributed by atoms with Gasteiger partial charge in [-0.25, -0.2) is 8.78 Å². The van der Waals surface area contributed by atoms with E-state index in [1.54, 1.807) is 6.92 Å². The summed E-state index contributed by atoms with van der Waals surface area (Å²) in [5.74, 6) is -2.74. The van der Waals surface area contributed by atoms with E-state index in [1.807, 2.05) is 0 Å². The van der Waals surface area contributed by atoms with Crippen LogP contribution < -0.4 is 10.1 Å². The standard InChI is InChI=1S/C21H16F5N3O2/c1-10-13(14-3-4-15(22)18(23)19(14)28-10)6-7-27-20(30)17-9-11-8-12(31-21(24,25)26)2-5-16(11)29-17/h2-5,8-9,28-29H,6-7H2,1H3,(H,27,30). The number of alkyl halides is 3. The summed E-state index contributed by atoms with van der Waals surface area (Å²) in [6.45, 7) is 1.94. The first-order valence-electron chi connectivity index (χ1n) is 9.24. The van der Waals surface area contributed by atoms with Crippen molar-refractivity contribution in [3.8, 4) is 5.75 Å². The minimum atomic E-state index is -4.81. The molecule has 0 unspecified atom stereocenters. The molecule has 4 aromatic rings. The third kappa shape index (κ3) is 4.18. The van der Waals surface area contributed by atoms with Crippen LogP contribution in [0.5, 0.6) is 5.75 Å². The van der Waals surface area contributed by atoms with Gasteiger partial charge in [0.15, 0.2) is 11.6 Å². The summed E-state index contributed by atoms with van der Waals surface area (Å²) >= 11 is 0. The van der Waals surface area contributed by atoms with Crippen LogP contribution in [0.15, 0.2) is 36.4 Å². The molecule has 2 aromatic heterocycles. The van der Waals surface area contributed by atoms with E-state index in [1.165, 1.54) is 24.3 Å². The number of carbonyl (C=O) groups excluding carboxylic acids is 1. The van der Waals surface area contributed by atoms with E-state index in [4.69, 9.17) is 0 Å². The fourth-order valence-corrected chi connectivity index (χ4v) is 3.54. The molecule has 162 valence electrons. The third-order valence-corrected chi connectivity index (χ3v) is 4.92. The van der Waals surface area contributed by atoms with Crippen LogP contribution in [-0.2, 0) is 6.42 Å². The first kappa shape index (κ1) is 20.7. The largest absolute Gasteiger partial charge is 0.573 e. The zero-order valence-electron chi connectivity index (χ0n) is 16.1. The molecule has 0 aliphatic carbocycles. The number of aromatic amines is 2. The van der Waals surface area contributed by atoms with Crippen LogP contribution in [0.3, 0.4) is 0 Å². The highest BCUT2D eigenvalue weighted by molar-refractivity contribution is 5.98. The number of hydrogen-bond donors (Lipinski definition) is 3. The van der Waals surface area contributed by atoms with Gasteiger partial charge in [0, 0.05) is 28.5 Å². The Hall–Kier alpha value is -3.56. The molecule has 4 rings (SSSR count). The summed E-state index contributed by atoms with van der Waals surface area (Å²) in [5, 5.41) is 3.63. The van der Waals surface area contributed by atoms with Gasteiger partial charge in [0.2, 0.25) is 0 Å². The van der Waals surface area contributed by atoms with E-state index in [9.17, 15) is 26.7 Å². The number of H-pyrrole nitrogens is 2.